The summed E-state index contributed by atoms with van der Waals surface area (Å²) in [6, 6.07) is 0. The van der Waals surface area contributed by atoms with Crippen LogP contribution in [-0.4, -0.2) is 33.1 Å². The first-order chi connectivity index (χ1) is 8.08. The zero-order chi connectivity index (χ0) is 12.4. The van der Waals surface area contributed by atoms with Crippen LogP contribution < -0.4 is 4.90 Å². The van der Waals surface area contributed by atoms with E-state index in [4.69, 9.17) is 0 Å². The Kier molecular flexibility index (Phi) is 3.97. The Hall–Kier alpha value is -0.710. The van der Waals surface area contributed by atoms with Crippen LogP contribution in [0.5, 0.6) is 0 Å². The van der Waals surface area contributed by atoms with Crippen molar-refractivity contribution < 1.29 is 0 Å². The van der Waals surface area contributed by atoms with Crippen LogP contribution in [0, 0.1) is 19.8 Å². The lowest BCUT2D eigenvalue weighted by atomic mass is 9.94. The van der Waals surface area contributed by atoms with Gasteiger partial charge in [0.05, 0.1) is 11.4 Å². The molecule has 17 heavy (non-hydrogen) atoms. The molecule has 4 nitrogen and oxygen atoms in total. The zero-order valence-corrected chi connectivity index (χ0v) is 12.2. The molecule has 2 heterocycles. The van der Waals surface area contributed by atoms with E-state index in [0.717, 1.165) is 36.3 Å². The second kappa shape index (κ2) is 5.29. The summed E-state index contributed by atoms with van der Waals surface area (Å²) in [6.07, 6.45) is 2.39. The maximum Gasteiger partial charge on any atom is 0.245 e. The Bertz CT molecular complexity index is 386. The van der Waals surface area contributed by atoms with Crippen molar-refractivity contribution in [3.05, 3.63) is 11.4 Å². The number of hydrogen-bond donors (Lipinski definition) is 0. The zero-order valence-electron chi connectivity index (χ0n) is 10.6. The van der Waals surface area contributed by atoms with Gasteiger partial charge in [-0.15, -0.1) is 5.10 Å². The summed E-state index contributed by atoms with van der Waals surface area (Å²) < 4.78 is 0. The SMILES string of the molecule is Cc1nnc(N2CCC(C(C)Br)CC2)nc1C. The first-order valence-corrected chi connectivity index (χ1v) is 7.06. The minimum Gasteiger partial charge on any atom is -0.340 e. The number of aromatic nitrogens is 3. The molecule has 1 aliphatic heterocycles. The van der Waals surface area contributed by atoms with Crippen molar-refractivity contribution in [2.75, 3.05) is 18.0 Å². The maximum atomic E-state index is 4.51. The summed E-state index contributed by atoms with van der Waals surface area (Å²) >= 11 is 3.67. The lowest BCUT2D eigenvalue weighted by Crippen LogP contribution is -2.37. The van der Waals surface area contributed by atoms with Gasteiger partial charge in [0, 0.05) is 17.9 Å². The normalized spacial score (nSPS) is 19.4. The third-order valence-corrected chi connectivity index (χ3v) is 4.30. The monoisotopic (exact) mass is 298 g/mol. The van der Waals surface area contributed by atoms with Gasteiger partial charge in [-0.3, -0.25) is 0 Å². The lowest BCUT2D eigenvalue weighted by Gasteiger charge is -2.33. The van der Waals surface area contributed by atoms with Crippen LogP contribution in [0.3, 0.4) is 0 Å². The van der Waals surface area contributed by atoms with E-state index in [1.807, 2.05) is 13.8 Å². The van der Waals surface area contributed by atoms with Gasteiger partial charge >= 0.3 is 0 Å². The van der Waals surface area contributed by atoms with Crippen LogP contribution in [0.4, 0.5) is 5.95 Å². The summed E-state index contributed by atoms with van der Waals surface area (Å²) in [4.78, 5) is 7.35. The number of piperidine rings is 1. The van der Waals surface area contributed by atoms with Crippen LogP contribution in [0.15, 0.2) is 0 Å². The predicted octanol–water partition coefficient (Wildman–Crippen LogP) is 2.49. The van der Waals surface area contributed by atoms with E-state index in [2.05, 4.69) is 42.9 Å². The van der Waals surface area contributed by atoms with Gasteiger partial charge in [-0.05, 0) is 32.6 Å². The van der Waals surface area contributed by atoms with Crippen molar-refractivity contribution >= 4 is 21.9 Å². The Morgan fingerprint density at radius 2 is 1.82 bits per heavy atom. The van der Waals surface area contributed by atoms with Gasteiger partial charge in [0.15, 0.2) is 0 Å². The van der Waals surface area contributed by atoms with Crippen molar-refractivity contribution in [2.24, 2.45) is 5.92 Å². The molecule has 1 aromatic heterocycles. The molecular weight excluding hydrogens is 280 g/mol. The van der Waals surface area contributed by atoms with E-state index in [0.29, 0.717) is 4.83 Å². The van der Waals surface area contributed by atoms with Crippen LogP contribution in [-0.2, 0) is 0 Å². The third kappa shape index (κ3) is 2.94. The first kappa shape index (κ1) is 12.7. The molecule has 1 fully saturated rings. The van der Waals surface area contributed by atoms with Crippen molar-refractivity contribution in [1.29, 1.82) is 0 Å². The molecule has 0 aliphatic carbocycles. The van der Waals surface area contributed by atoms with Crippen LogP contribution in [0.25, 0.3) is 0 Å². The fraction of sp³-hybridized carbons (Fsp3) is 0.750. The number of aryl methyl sites for hydroxylation is 2. The van der Waals surface area contributed by atoms with Gasteiger partial charge in [0.2, 0.25) is 5.95 Å². The molecule has 0 spiro atoms. The molecule has 0 radical (unpaired) electrons. The highest BCUT2D eigenvalue weighted by atomic mass is 79.9. The largest absolute Gasteiger partial charge is 0.340 e. The maximum absolute atomic E-state index is 4.51. The minimum absolute atomic E-state index is 0.600. The molecule has 5 heteroatoms. The quantitative estimate of drug-likeness (QED) is 0.787. The van der Waals surface area contributed by atoms with Crippen LogP contribution in [0.2, 0.25) is 0 Å². The van der Waals surface area contributed by atoms with Gasteiger partial charge in [-0.25, -0.2) is 4.98 Å². The number of hydrogen-bond acceptors (Lipinski definition) is 4. The molecule has 1 atom stereocenters. The van der Waals surface area contributed by atoms with E-state index in [9.17, 15) is 0 Å². The van der Waals surface area contributed by atoms with Crippen LogP contribution in [0.1, 0.15) is 31.2 Å². The summed E-state index contributed by atoms with van der Waals surface area (Å²) in [5.74, 6) is 1.56. The minimum atomic E-state index is 0.600. The molecule has 0 amide bonds. The standard InChI is InChI=1S/C12H19BrN4/c1-8(13)11-4-6-17(7-5-11)12-14-9(2)10(3)15-16-12/h8,11H,4-7H2,1-3H3. The van der Waals surface area contributed by atoms with Gasteiger partial charge in [-0.2, -0.15) is 5.10 Å². The summed E-state index contributed by atoms with van der Waals surface area (Å²) in [7, 11) is 0. The summed E-state index contributed by atoms with van der Waals surface area (Å²) in [5, 5.41) is 8.33. The third-order valence-electron chi connectivity index (χ3n) is 3.55. The molecule has 0 N–H and O–H groups in total. The average Bonchev–Trinajstić information content (AvgIpc) is 2.33. The smallest absolute Gasteiger partial charge is 0.245 e. The molecule has 94 valence electrons. The fourth-order valence-electron chi connectivity index (χ4n) is 2.14. The number of rotatable bonds is 2. The lowest BCUT2D eigenvalue weighted by molar-refractivity contribution is 0.403. The second-order valence-electron chi connectivity index (χ2n) is 4.78. The van der Waals surface area contributed by atoms with Gasteiger partial charge in [-0.1, -0.05) is 22.9 Å². The van der Waals surface area contributed by atoms with E-state index >= 15 is 0 Å². The second-order valence-corrected chi connectivity index (χ2v) is 6.23. The Morgan fingerprint density at radius 1 is 1.18 bits per heavy atom. The summed E-state index contributed by atoms with van der Waals surface area (Å²) in [5.41, 5.74) is 1.89. The first-order valence-electron chi connectivity index (χ1n) is 6.15. The molecule has 1 aliphatic rings. The molecular formula is C12H19BrN4. The van der Waals surface area contributed by atoms with Gasteiger partial charge in [0.25, 0.3) is 0 Å². The highest BCUT2D eigenvalue weighted by Gasteiger charge is 2.24. The Morgan fingerprint density at radius 3 is 2.35 bits per heavy atom. The average molecular weight is 299 g/mol. The Labute approximate surface area is 111 Å². The molecule has 0 aromatic carbocycles. The molecule has 2 rings (SSSR count). The number of anilines is 1. The fourth-order valence-corrected chi connectivity index (χ4v) is 2.67. The van der Waals surface area contributed by atoms with Crippen LogP contribution >= 0.6 is 15.9 Å². The van der Waals surface area contributed by atoms with Gasteiger partial charge < -0.3 is 4.90 Å². The highest BCUT2D eigenvalue weighted by Crippen LogP contribution is 2.26. The Balaban J connectivity index is 2.03. The van der Waals surface area contributed by atoms with Gasteiger partial charge in [0.1, 0.15) is 0 Å². The molecule has 1 unspecified atom stereocenters. The van der Waals surface area contributed by atoms with E-state index in [1.54, 1.807) is 0 Å². The van der Waals surface area contributed by atoms with Crippen molar-refractivity contribution in [3.8, 4) is 0 Å². The van der Waals surface area contributed by atoms with Crippen molar-refractivity contribution in [3.63, 3.8) is 0 Å². The topological polar surface area (TPSA) is 41.9 Å². The van der Waals surface area contributed by atoms with E-state index < -0.39 is 0 Å². The molecule has 1 saturated heterocycles. The van der Waals surface area contributed by atoms with Crippen molar-refractivity contribution in [1.82, 2.24) is 15.2 Å². The van der Waals surface area contributed by atoms with E-state index in [-0.39, 0.29) is 0 Å². The molecule has 0 bridgehead atoms. The number of nitrogens with zero attached hydrogens (tertiary/aromatic N) is 4. The molecule has 0 saturated carbocycles. The molecule has 1 aromatic rings. The number of alkyl halides is 1. The summed E-state index contributed by atoms with van der Waals surface area (Å²) in [6.45, 7) is 8.22. The van der Waals surface area contributed by atoms with Crippen molar-refractivity contribution in [2.45, 2.75) is 38.4 Å². The number of halogens is 1. The highest BCUT2D eigenvalue weighted by molar-refractivity contribution is 9.09. The van der Waals surface area contributed by atoms with E-state index in [1.165, 1.54) is 12.8 Å². The predicted molar refractivity (Wildman–Crippen MR) is 72.6 cm³/mol.